The van der Waals surface area contributed by atoms with Crippen LogP contribution in [-0.4, -0.2) is 84.5 Å². The highest BCUT2D eigenvalue weighted by molar-refractivity contribution is 5.85. The van der Waals surface area contributed by atoms with Crippen molar-refractivity contribution >= 4 is 42.0 Å². The predicted octanol–water partition coefficient (Wildman–Crippen LogP) is 6.38. The molecule has 0 saturated carbocycles. The molecule has 3 N–H and O–H groups in total. The lowest BCUT2D eigenvalue weighted by molar-refractivity contribution is -0.155. The number of hydrogen-bond acceptors (Lipinski definition) is 13. The van der Waals surface area contributed by atoms with E-state index in [0.717, 1.165) is 6.42 Å². The minimum Gasteiger partial charge on any atom is -0.464 e. The number of benzene rings is 1. The van der Waals surface area contributed by atoms with Gasteiger partial charge in [0.25, 0.3) is 0 Å². The van der Waals surface area contributed by atoms with Gasteiger partial charge in [0.1, 0.15) is 22.8 Å². The van der Waals surface area contributed by atoms with E-state index in [-0.39, 0.29) is 82.1 Å². The molecule has 16 heteroatoms. The molecule has 0 saturated heterocycles. The van der Waals surface area contributed by atoms with Gasteiger partial charge < -0.3 is 44.4 Å². The Balaban J connectivity index is 3.11. The van der Waals surface area contributed by atoms with E-state index in [4.69, 9.17) is 28.4 Å². The zero-order valence-corrected chi connectivity index (χ0v) is 35.5. The molecule has 1 aromatic carbocycles. The van der Waals surface area contributed by atoms with Gasteiger partial charge in [0.15, 0.2) is 11.5 Å². The molecule has 0 bridgehead atoms. The normalized spacial score (nSPS) is 12.0. The van der Waals surface area contributed by atoms with Crippen LogP contribution in [0.4, 0.5) is 9.59 Å². The van der Waals surface area contributed by atoms with E-state index in [1.807, 2.05) is 6.92 Å². The second kappa shape index (κ2) is 24.7. The van der Waals surface area contributed by atoms with E-state index in [1.54, 1.807) is 68.4 Å². The molecule has 1 unspecified atom stereocenters. The largest absolute Gasteiger partial charge is 0.464 e. The van der Waals surface area contributed by atoms with Crippen LogP contribution >= 0.6 is 0 Å². The molecule has 322 valence electrons. The molecule has 0 aromatic heterocycles. The maximum atomic E-state index is 13.2. The van der Waals surface area contributed by atoms with Gasteiger partial charge in [-0.25, -0.2) is 14.4 Å². The van der Waals surface area contributed by atoms with Gasteiger partial charge in [0.05, 0.1) is 6.61 Å². The number of amides is 3. The quantitative estimate of drug-likeness (QED) is 0.0503. The molecule has 3 amide bonds. The molecule has 0 spiro atoms. The summed E-state index contributed by atoms with van der Waals surface area (Å²) >= 11 is 0. The summed E-state index contributed by atoms with van der Waals surface area (Å²) in [5.74, 6) is -2.96. The molecule has 16 nitrogen and oxygen atoms in total. The minimum atomic E-state index is -1.12. The number of alkyl carbamates (subject to hydrolysis) is 2. The van der Waals surface area contributed by atoms with Crippen molar-refractivity contribution in [2.45, 2.75) is 163 Å². The standard InChI is InChI=1S/C41H65N3O13/c1-11-12-25-52-36(49)29(44-32(45)17-15-23-42-37(50)56-40(5,6)7)26-28-21-22-30(53-33(46)18-13-14-19-35(48)55-39(2,3)4)31(27-28)54-34(47)20-16-24-43-38(51)57-41(8,9)10/h21-22,27,29H,11-20,23-26H2,1-10H3,(H,42,50)(H,43,51)(H,44,45). The number of carbonyl (C=O) groups is 7. The van der Waals surface area contributed by atoms with Crippen molar-refractivity contribution in [2.75, 3.05) is 19.7 Å². The van der Waals surface area contributed by atoms with Crippen LogP contribution in [0.3, 0.4) is 0 Å². The smallest absolute Gasteiger partial charge is 0.407 e. The van der Waals surface area contributed by atoms with Crippen molar-refractivity contribution in [2.24, 2.45) is 0 Å². The van der Waals surface area contributed by atoms with Gasteiger partial charge >= 0.3 is 36.1 Å². The number of nitrogens with one attached hydrogen (secondary N) is 3. The summed E-state index contributed by atoms with van der Waals surface area (Å²) in [5, 5.41) is 7.86. The molecule has 0 heterocycles. The Labute approximate surface area is 337 Å². The zero-order valence-electron chi connectivity index (χ0n) is 35.5. The topological polar surface area (TPSA) is 211 Å². The van der Waals surface area contributed by atoms with Gasteiger partial charge in [-0.15, -0.1) is 0 Å². The van der Waals surface area contributed by atoms with E-state index in [1.165, 1.54) is 12.1 Å². The van der Waals surface area contributed by atoms with Gasteiger partial charge in [-0.3, -0.25) is 19.2 Å². The number of rotatable bonds is 22. The lowest BCUT2D eigenvalue weighted by atomic mass is 10.0. The highest BCUT2D eigenvalue weighted by Gasteiger charge is 2.25. The van der Waals surface area contributed by atoms with Gasteiger partial charge in [0.2, 0.25) is 5.91 Å². The lowest BCUT2D eigenvalue weighted by Gasteiger charge is -2.20. The lowest BCUT2D eigenvalue weighted by Crippen LogP contribution is -2.43. The van der Waals surface area contributed by atoms with Crippen molar-refractivity contribution < 1.29 is 62.0 Å². The van der Waals surface area contributed by atoms with Gasteiger partial charge in [-0.05, 0) is 112 Å². The first-order chi connectivity index (χ1) is 26.5. The molecule has 0 radical (unpaired) electrons. The third-order valence-corrected chi connectivity index (χ3v) is 7.16. The third kappa shape index (κ3) is 25.8. The predicted molar refractivity (Wildman–Crippen MR) is 210 cm³/mol. The van der Waals surface area contributed by atoms with E-state index in [2.05, 4.69) is 16.0 Å². The van der Waals surface area contributed by atoms with E-state index < -0.39 is 58.8 Å². The number of ether oxygens (including phenoxy) is 6. The van der Waals surface area contributed by atoms with Crippen LogP contribution in [0.2, 0.25) is 0 Å². The molecular weight excluding hydrogens is 742 g/mol. The van der Waals surface area contributed by atoms with E-state index in [0.29, 0.717) is 24.8 Å². The Hall–Kier alpha value is -4.89. The summed E-state index contributed by atoms with van der Waals surface area (Å²) < 4.78 is 32.3. The maximum Gasteiger partial charge on any atom is 0.407 e. The van der Waals surface area contributed by atoms with E-state index >= 15 is 0 Å². The molecule has 1 rings (SSSR count). The number of hydrogen-bond donors (Lipinski definition) is 3. The van der Waals surface area contributed by atoms with Crippen molar-refractivity contribution in [3.8, 4) is 11.5 Å². The summed E-state index contributed by atoms with van der Waals surface area (Å²) in [7, 11) is 0. The fourth-order valence-electron chi connectivity index (χ4n) is 4.73. The SMILES string of the molecule is CCCCOC(=O)C(Cc1ccc(OC(=O)CCCCC(=O)OC(C)(C)C)c(OC(=O)CCCNC(=O)OC(C)(C)C)c1)NC(=O)CCCNC(=O)OC(C)(C)C. The molecular formula is C41H65N3O13. The summed E-state index contributed by atoms with van der Waals surface area (Å²) in [5.41, 5.74) is -1.52. The van der Waals surface area contributed by atoms with Gasteiger partial charge in [-0.1, -0.05) is 19.4 Å². The third-order valence-electron chi connectivity index (χ3n) is 7.16. The molecule has 57 heavy (non-hydrogen) atoms. The zero-order chi connectivity index (χ0) is 43.2. The monoisotopic (exact) mass is 807 g/mol. The number of carbonyl (C=O) groups excluding carboxylic acids is 7. The second-order valence-corrected chi connectivity index (χ2v) is 16.4. The van der Waals surface area contributed by atoms with Gasteiger partial charge in [0, 0.05) is 45.2 Å². The summed E-state index contributed by atoms with van der Waals surface area (Å²) in [6.07, 6.45) is 1.32. The Morgan fingerprint density at radius 1 is 0.596 bits per heavy atom. The fourth-order valence-corrected chi connectivity index (χ4v) is 4.73. The second-order valence-electron chi connectivity index (χ2n) is 16.4. The molecule has 0 aliphatic carbocycles. The van der Waals surface area contributed by atoms with Crippen LogP contribution < -0.4 is 25.4 Å². The van der Waals surface area contributed by atoms with Crippen molar-refractivity contribution in [1.29, 1.82) is 0 Å². The number of unbranched alkanes of at least 4 members (excludes halogenated alkanes) is 2. The molecule has 0 aliphatic heterocycles. The summed E-state index contributed by atoms with van der Waals surface area (Å²) in [6, 6.07) is 3.31. The molecule has 1 atom stereocenters. The van der Waals surface area contributed by atoms with Crippen LogP contribution in [-0.2, 0) is 49.3 Å². The minimum absolute atomic E-state index is 0.00709. The molecule has 0 fully saturated rings. The van der Waals surface area contributed by atoms with Crippen molar-refractivity contribution in [3.63, 3.8) is 0 Å². The van der Waals surface area contributed by atoms with Crippen LogP contribution in [0, 0.1) is 0 Å². The average Bonchev–Trinajstić information content (AvgIpc) is 3.05. The first-order valence-corrected chi connectivity index (χ1v) is 19.6. The highest BCUT2D eigenvalue weighted by atomic mass is 16.6. The Bertz CT molecular complexity index is 1490. The molecule has 0 aliphatic rings. The van der Waals surface area contributed by atoms with Crippen molar-refractivity contribution in [1.82, 2.24) is 16.0 Å². The first-order valence-electron chi connectivity index (χ1n) is 19.6. The first kappa shape index (κ1) is 50.1. The van der Waals surface area contributed by atoms with Crippen LogP contribution in [0.5, 0.6) is 11.5 Å². The molecule has 1 aromatic rings. The highest BCUT2D eigenvalue weighted by Crippen LogP contribution is 2.30. The summed E-state index contributed by atoms with van der Waals surface area (Å²) in [4.78, 5) is 87.8. The fraction of sp³-hybridized carbons (Fsp3) is 0.683. The Morgan fingerprint density at radius 2 is 1.09 bits per heavy atom. The van der Waals surface area contributed by atoms with Crippen LogP contribution in [0.1, 0.15) is 139 Å². The van der Waals surface area contributed by atoms with Crippen LogP contribution in [0.25, 0.3) is 0 Å². The van der Waals surface area contributed by atoms with E-state index in [9.17, 15) is 33.6 Å². The maximum absolute atomic E-state index is 13.2. The van der Waals surface area contributed by atoms with Gasteiger partial charge in [-0.2, -0.15) is 0 Å². The summed E-state index contributed by atoms with van der Waals surface area (Å²) in [6.45, 7) is 18.1. The van der Waals surface area contributed by atoms with Crippen LogP contribution in [0.15, 0.2) is 18.2 Å². The average molecular weight is 808 g/mol. The number of esters is 4. The van der Waals surface area contributed by atoms with Crippen molar-refractivity contribution in [3.05, 3.63) is 23.8 Å². The Morgan fingerprint density at radius 3 is 1.61 bits per heavy atom. The Kier molecular flexibility index (Phi) is 21.7.